The zero-order valence-corrected chi connectivity index (χ0v) is 11.8. The fourth-order valence-corrected chi connectivity index (χ4v) is 3.96. The Labute approximate surface area is 106 Å². The predicted octanol–water partition coefficient (Wildman–Crippen LogP) is 3.49. The topological polar surface area (TPSA) is 35.2 Å². The summed E-state index contributed by atoms with van der Waals surface area (Å²) >= 11 is 0. The predicted molar refractivity (Wildman–Crippen MR) is 71.9 cm³/mol. The average Bonchev–Trinajstić information content (AvgIpc) is 2.11. The van der Waals surface area contributed by atoms with Crippen molar-refractivity contribution in [3.05, 3.63) is 0 Å². The van der Waals surface area contributed by atoms with Gasteiger partial charge >= 0.3 is 0 Å². The Morgan fingerprint density at radius 2 is 1.94 bits per heavy atom. The zero-order chi connectivity index (χ0) is 12.5. The smallest absolute Gasteiger partial charge is 0.0698 e. The Morgan fingerprint density at radius 3 is 2.41 bits per heavy atom. The molecule has 0 saturated heterocycles. The molecule has 2 fully saturated rings. The van der Waals surface area contributed by atoms with Crippen LogP contribution in [0.1, 0.15) is 65.7 Å². The molecule has 2 unspecified atom stereocenters. The first-order valence-electron chi connectivity index (χ1n) is 7.33. The second-order valence-corrected chi connectivity index (χ2v) is 7.23. The van der Waals surface area contributed by atoms with E-state index in [4.69, 9.17) is 10.5 Å². The molecule has 0 aromatic rings. The molecular weight excluding hydrogens is 210 g/mol. The molecule has 0 radical (unpaired) electrons. The molecule has 2 aliphatic carbocycles. The molecule has 2 aliphatic rings. The summed E-state index contributed by atoms with van der Waals surface area (Å²) in [6.07, 6.45) is 9.13. The summed E-state index contributed by atoms with van der Waals surface area (Å²) in [5, 5.41) is 0. The lowest BCUT2D eigenvalue weighted by Crippen LogP contribution is -2.47. The number of nitrogens with two attached hydrogens (primary N) is 1. The first kappa shape index (κ1) is 13.4. The van der Waals surface area contributed by atoms with E-state index in [9.17, 15) is 0 Å². The first-order valence-corrected chi connectivity index (χ1v) is 7.33. The molecule has 2 rings (SSSR count). The third-order valence-corrected chi connectivity index (χ3v) is 4.63. The van der Waals surface area contributed by atoms with E-state index in [1.54, 1.807) is 0 Å². The minimum absolute atomic E-state index is 0.159. The molecule has 100 valence electrons. The standard InChI is InChI=1S/C15H29NO/c1-12-9-13(11-14(2,3)10-12)17-15(7-8-16)5-4-6-15/h12-13H,4-11,16H2,1-3H3. The Morgan fingerprint density at radius 1 is 1.24 bits per heavy atom. The number of rotatable bonds is 4. The molecule has 0 amide bonds. The van der Waals surface area contributed by atoms with Crippen molar-refractivity contribution in [1.29, 1.82) is 0 Å². The van der Waals surface area contributed by atoms with Crippen LogP contribution in [0.3, 0.4) is 0 Å². The summed E-state index contributed by atoms with van der Waals surface area (Å²) in [5.41, 5.74) is 6.34. The van der Waals surface area contributed by atoms with E-state index in [0.717, 1.165) is 18.9 Å². The highest BCUT2D eigenvalue weighted by Crippen LogP contribution is 2.45. The molecule has 0 aromatic heterocycles. The van der Waals surface area contributed by atoms with Crippen LogP contribution < -0.4 is 5.73 Å². The van der Waals surface area contributed by atoms with Gasteiger partial charge in [0.15, 0.2) is 0 Å². The van der Waals surface area contributed by atoms with Crippen molar-refractivity contribution in [3.63, 3.8) is 0 Å². The van der Waals surface area contributed by atoms with Gasteiger partial charge in [0.2, 0.25) is 0 Å². The fourth-order valence-electron chi connectivity index (χ4n) is 3.96. The average molecular weight is 239 g/mol. The summed E-state index contributed by atoms with van der Waals surface area (Å²) in [5.74, 6) is 0.804. The minimum Gasteiger partial charge on any atom is -0.372 e. The lowest BCUT2D eigenvalue weighted by atomic mass is 9.70. The maximum absolute atomic E-state index is 6.48. The van der Waals surface area contributed by atoms with E-state index < -0.39 is 0 Å². The lowest BCUT2D eigenvalue weighted by Gasteiger charge is -2.48. The van der Waals surface area contributed by atoms with E-state index in [1.165, 1.54) is 38.5 Å². The highest BCUT2D eigenvalue weighted by molar-refractivity contribution is 4.93. The molecule has 2 saturated carbocycles. The maximum Gasteiger partial charge on any atom is 0.0698 e. The summed E-state index contributed by atoms with van der Waals surface area (Å²) in [7, 11) is 0. The number of ether oxygens (including phenoxy) is 1. The van der Waals surface area contributed by atoms with Crippen LogP contribution in [-0.2, 0) is 4.74 Å². The van der Waals surface area contributed by atoms with Crippen molar-refractivity contribution in [3.8, 4) is 0 Å². The Bertz CT molecular complexity index is 258. The highest BCUT2D eigenvalue weighted by atomic mass is 16.5. The summed E-state index contributed by atoms with van der Waals surface area (Å²) in [6, 6.07) is 0. The van der Waals surface area contributed by atoms with Crippen molar-refractivity contribution < 1.29 is 4.74 Å². The van der Waals surface area contributed by atoms with Crippen molar-refractivity contribution in [2.75, 3.05) is 6.54 Å². The van der Waals surface area contributed by atoms with Gasteiger partial charge in [0, 0.05) is 0 Å². The Hall–Kier alpha value is -0.0800. The van der Waals surface area contributed by atoms with Crippen molar-refractivity contribution in [2.45, 2.75) is 77.4 Å². The van der Waals surface area contributed by atoms with E-state index in [0.29, 0.717) is 11.5 Å². The van der Waals surface area contributed by atoms with Crippen molar-refractivity contribution in [1.82, 2.24) is 0 Å². The Kier molecular flexibility index (Phi) is 3.84. The van der Waals surface area contributed by atoms with Gasteiger partial charge in [-0.15, -0.1) is 0 Å². The van der Waals surface area contributed by atoms with Gasteiger partial charge in [-0.2, -0.15) is 0 Å². The summed E-state index contributed by atoms with van der Waals surface area (Å²) in [4.78, 5) is 0. The monoisotopic (exact) mass is 239 g/mol. The van der Waals surface area contributed by atoms with E-state index in [-0.39, 0.29) is 5.60 Å². The quantitative estimate of drug-likeness (QED) is 0.815. The van der Waals surface area contributed by atoms with Crippen molar-refractivity contribution >= 4 is 0 Å². The van der Waals surface area contributed by atoms with Gasteiger partial charge < -0.3 is 10.5 Å². The number of hydrogen-bond acceptors (Lipinski definition) is 2. The zero-order valence-electron chi connectivity index (χ0n) is 11.8. The van der Waals surface area contributed by atoms with Gasteiger partial charge in [-0.05, 0) is 62.8 Å². The van der Waals surface area contributed by atoms with E-state index in [2.05, 4.69) is 20.8 Å². The molecule has 0 bridgehead atoms. The van der Waals surface area contributed by atoms with E-state index >= 15 is 0 Å². The molecule has 0 aliphatic heterocycles. The molecule has 0 heterocycles. The molecule has 17 heavy (non-hydrogen) atoms. The van der Waals surface area contributed by atoms with Gasteiger partial charge in [-0.1, -0.05) is 20.8 Å². The normalized spacial score (nSPS) is 35.3. The van der Waals surface area contributed by atoms with Crippen LogP contribution in [0.25, 0.3) is 0 Å². The van der Waals surface area contributed by atoms with Crippen LogP contribution in [0.5, 0.6) is 0 Å². The molecule has 0 aromatic carbocycles. The summed E-state index contributed by atoms with van der Waals surface area (Å²) in [6.45, 7) is 7.91. The SMILES string of the molecule is CC1CC(OC2(CCN)CCC2)CC(C)(C)C1. The lowest BCUT2D eigenvalue weighted by molar-refractivity contribution is -0.165. The summed E-state index contributed by atoms with van der Waals surface area (Å²) < 4.78 is 6.48. The number of hydrogen-bond donors (Lipinski definition) is 1. The van der Waals surface area contributed by atoms with Crippen LogP contribution in [0.4, 0.5) is 0 Å². The van der Waals surface area contributed by atoms with Crippen LogP contribution in [0.2, 0.25) is 0 Å². The van der Waals surface area contributed by atoms with Gasteiger partial charge in [0.25, 0.3) is 0 Å². The van der Waals surface area contributed by atoms with Crippen LogP contribution >= 0.6 is 0 Å². The van der Waals surface area contributed by atoms with Crippen LogP contribution in [0.15, 0.2) is 0 Å². The molecule has 0 spiro atoms. The molecule has 2 heteroatoms. The van der Waals surface area contributed by atoms with Gasteiger partial charge in [0.1, 0.15) is 0 Å². The van der Waals surface area contributed by atoms with Crippen LogP contribution in [-0.4, -0.2) is 18.2 Å². The first-order chi connectivity index (χ1) is 7.95. The second-order valence-electron chi connectivity index (χ2n) is 7.23. The third kappa shape index (κ3) is 3.23. The molecular formula is C15H29NO. The molecule has 2 nitrogen and oxygen atoms in total. The second kappa shape index (κ2) is 4.89. The maximum atomic E-state index is 6.48. The largest absolute Gasteiger partial charge is 0.372 e. The third-order valence-electron chi connectivity index (χ3n) is 4.63. The van der Waals surface area contributed by atoms with Crippen molar-refractivity contribution in [2.24, 2.45) is 17.1 Å². The molecule has 2 N–H and O–H groups in total. The van der Waals surface area contributed by atoms with Crippen LogP contribution in [0, 0.1) is 11.3 Å². The van der Waals surface area contributed by atoms with Gasteiger partial charge in [0.05, 0.1) is 11.7 Å². The fraction of sp³-hybridized carbons (Fsp3) is 1.00. The van der Waals surface area contributed by atoms with Gasteiger partial charge in [-0.3, -0.25) is 0 Å². The van der Waals surface area contributed by atoms with E-state index in [1.807, 2.05) is 0 Å². The highest BCUT2D eigenvalue weighted by Gasteiger charge is 2.42. The van der Waals surface area contributed by atoms with Gasteiger partial charge in [-0.25, -0.2) is 0 Å². The Balaban J connectivity index is 1.93. The molecule has 2 atom stereocenters. The minimum atomic E-state index is 0.159.